The van der Waals surface area contributed by atoms with Crippen molar-refractivity contribution in [3.63, 3.8) is 0 Å². The van der Waals surface area contributed by atoms with Crippen molar-refractivity contribution in [3.05, 3.63) is 77.9 Å². The lowest BCUT2D eigenvalue weighted by Crippen LogP contribution is -1.90. The van der Waals surface area contributed by atoms with Crippen LogP contribution in [0.25, 0.3) is 22.3 Å². The number of benzene rings is 3. The third-order valence-electron chi connectivity index (χ3n) is 4.34. The second kappa shape index (κ2) is 4.78. The van der Waals surface area contributed by atoms with Gasteiger partial charge in [-0.3, -0.25) is 0 Å². The standard InChI is InChI=1S/C20H17N/c1-21-16-11-9-14(10-12-16)17-7-4-8-19-18-6-3-2-5-15(18)13-20(17)19/h2-12,21H,13H2,1H3. The fourth-order valence-corrected chi connectivity index (χ4v) is 3.24. The molecule has 0 heterocycles. The Morgan fingerprint density at radius 1 is 0.714 bits per heavy atom. The van der Waals surface area contributed by atoms with E-state index in [1.165, 1.54) is 33.4 Å². The lowest BCUT2D eigenvalue weighted by Gasteiger charge is -2.10. The highest BCUT2D eigenvalue weighted by atomic mass is 14.8. The van der Waals surface area contributed by atoms with E-state index in [0.717, 1.165) is 12.1 Å². The minimum absolute atomic E-state index is 1.04. The molecule has 0 aliphatic heterocycles. The lowest BCUT2D eigenvalue weighted by molar-refractivity contribution is 1.26. The van der Waals surface area contributed by atoms with E-state index < -0.39 is 0 Å². The summed E-state index contributed by atoms with van der Waals surface area (Å²) in [5, 5.41) is 3.17. The number of hydrogen-bond donors (Lipinski definition) is 1. The average molecular weight is 271 g/mol. The summed E-state index contributed by atoms with van der Waals surface area (Å²) in [5.41, 5.74) is 9.46. The zero-order valence-corrected chi connectivity index (χ0v) is 12.1. The topological polar surface area (TPSA) is 12.0 Å². The van der Waals surface area contributed by atoms with Gasteiger partial charge in [0.25, 0.3) is 0 Å². The molecule has 1 heteroatoms. The number of hydrogen-bond acceptors (Lipinski definition) is 1. The maximum atomic E-state index is 3.17. The molecule has 3 aromatic rings. The summed E-state index contributed by atoms with van der Waals surface area (Å²) < 4.78 is 0. The summed E-state index contributed by atoms with van der Waals surface area (Å²) in [6, 6.07) is 24.0. The van der Waals surface area contributed by atoms with Crippen LogP contribution in [0.5, 0.6) is 0 Å². The molecular formula is C20H17N. The normalized spacial score (nSPS) is 11.9. The molecule has 0 fully saturated rings. The Morgan fingerprint density at radius 3 is 2.24 bits per heavy atom. The van der Waals surface area contributed by atoms with Gasteiger partial charge in [-0.05, 0) is 51.9 Å². The molecule has 0 atom stereocenters. The number of fused-ring (bicyclic) bond motifs is 3. The fraction of sp³-hybridized carbons (Fsp3) is 0.100. The quantitative estimate of drug-likeness (QED) is 0.543. The van der Waals surface area contributed by atoms with Crippen LogP contribution in [-0.4, -0.2) is 7.05 Å². The van der Waals surface area contributed by atoms with E-state index in [0.29, 0.717) is 0 Å². The van der Waals surface area contributed by atoms with E-state index >= 15 is 0 Å². The molecular weight excluding hydrogens is 254 g/mol. The second-order valence-corrected chi connectivity index (χ2v) is 5.49. The molecule has 1 nitrogen and oxygen atoms in total. The van der Waals surface area contributed by atoms with Gasteiger partial charge in [-0.15, -0.1) is 0 Å². The van der Waals surface area contributed by atoms with E-state index in [2.05, 4.69) is 72.0 Å². The molecule has 0 unspecified atom stereocenters. The zero-order chi connectivity index (χ0) is 14.2. The molecule has 1 N–H and O–H groups in total. The van der Waals surface area contributed by atoms with E-state index in [-0.39, 0.29) is 0 Å². The Hall–Kier alpha value is -2.54. The lowest BCUT2D eigenvalue weighted by atomic mass is 9.95. The molecule has 0 radical (unpaired) electrons. The Morgan fingerprint density at radius 2 is 1.43 bits per heavy atom. The predicted molar refractivity (Wildman–Crippen MR) is 89.7 cm³/mol. The van der Waals surface area contributed by atoms with Crippen molar-refractivity contribution in [1.82, 2.24) is 0 Å². The smallest absolute Gasteiger partial charge is 0.0337 e. The molecule has 102 valence electrons. The van der Waals surface area contributed by atoms with Gasteiger partial charge in [-0.2, -0.15) is 0 Å². The van der Waals surface area contributed by atoms with Crippen LogP contribution < -0.4 is 5.32 Å². The van der Waals surface area contributed by atoms with Crippen molar-refractivity contribution in [1.29, 1.82) is 0 Å². The van der Waals surface area contributed by atoms with Gasteiger partial charge in [-0.1, -0.05) is 54.6 Å². The minimum Gasteiger partial charge on any atom is -0.388 e. The van der Waals surface area contributed by atoms with Gasteiger partial charge in [0.15, 0.2) is 0 Å². The molecule has 0 aromatic heterocycles. The van der Waals surface area contributed by atoms with E-state index in [4.69, 9.17) is 0 Å². The Bertz CT molecular complexity index is 800. The summed E-state index contributed by atoms with van der Waals surface area (Å²) in [6.45, 7) is 0. The first-order valence-electron chi connectivity index (χ1n) is 7.35. The second-order valence-electron chi connectivity index (χ2n) is 5.49. The molecule has 0 spiro atoms. The molecule has 1 aliphatic rings. The molecule has 3 aromatic carbocycles. The Kier molecular flexibility index (Phi) is 2.78. The number of nitrogens with one attached hydrogen (secondary N) is 1. The highest BCUT2D eigenvalue weighted by molar-refractivity contribution is 5.84. The highest BCUT2D eigenvalue weighted by Gasteiger charge is 2.20. The first kappa shape index (κ1) is 12.2. The SMILES string of the molecule is CNc1ccc(-c2cccc3c2Cc2ccccc2-3)cc1. The predicted octanol–water partition coefficient (Wildman–Crippen LogP) is 4.97. The van der Waals surface area contributed by atoms with Crippen LogP contribution in [0, 0.1) is 0 Å². The molecule has 0 bridgehead atoms. The van der Waals surface area contributed by atoms with Gasteiger partial charge < -0.3 is 5.32 Å². The summed E-state index contributed by atoms with van der Waals surface area (Å²) in [6.07, 6.45) is 1.04. The van der Waals surface area contributed by atoms with Crippen LogP contribution in [0.4, 0.5) is 5.69 Å². The Balaban J connectivity index is 1.85. The average Bonchev–Trinajstić information content (AvgIpc) is 2.94. The number of anilines is 1. The van der Waals surface area contributed by atoms with Crippen molar-refractivity contribution in [3.8, 4) is 22.3 Å². The van der Waals surface area contributed by atoms with Crippen molar-refractivity contribution in [2.24, 2.45) is 0 Å². The van der Waals surface area contributed by atoms with Gasteiger partial charge in [0.2, 0.25) is 0 Å². The van der Waals surface area contributed by atoms with Crippen molar-refractivity contribution in [2.75, 3.05) is 12.4 Å². The maximum absolute atomic E-state index is 3.17. The van der Waals surface area contributed by atoms with E-state index in [1.807, 2.05) is 7.05 Å². The summed E-state index contributed by atoms with van der Waals surface area (Å²) in [7, 11) is 1.95. The van der Waals surface area contributed by atoms with Crippen LogP contribution in [0.2, 0.25) is 0 Å². The third-order valence-corrected chi connectivity index (χ3v) is 4.34. The van der Waals surface area contributed by atoms with Crippen molar-refractivity contribution < 1.29 is 0 Å². The van der Waals surface area contributed by atoms with Crippen LogP contribution in [-0.2, 0) is 6.42 Å². The first-order chi connectivity index (χ1) is 10.4. The fourth-order valence-electron chi connectivity index (χ4n) is 3.24. The van der Waals surface area contributed by atoms with Crippen LogP contribution in [0.15, 0.2) is 66.7 Å². The highest BCUT2D eigenvalue weighted by Crippen LogP contribution is 2.41. The zero-order valence-electron chi connectivity index (χ0n) is 12.1. The number of rotatable bonds is 2. The van der Waals surface area contributed by atoms with Crippen LogP contribution in [0.3, 0.4) is 0 Å². The molecule has 0 amide bonds. The van der Waals surface area contributed by atoms with Gasteiger partial charge in [0.05, 0.1) is 0 Å². The Labute approximate surface area is 125 Å². The summed E-state index contributed by atoms with van der Waals surface area (Å²) >= 11 is 0. The molecule has 1 aliphatic carbocycles. The molecule has 0 saturated heterocycles. The van der Waals surface area contributed by atoms with Crippen LogP contribution >= 0.6 is 0 Å². The van der Waals surface area contributed by atoms with Gasteiger partial charge in [0, 0.05) is 12.7 Å². The van der Waals surface area contributed by atoms with Gasteiger partial charge in [0.1, 0.15) is 0 Å². The minimum atomic E-state index is 1.04. The van der Waals surface area contributed by atoms with Gasteiger partial charge >= 0.3 is 0 Å². The van der Waals surface area contributed by atoms with Gasteiger partial charge in [-0.25, -0.2) is 0 Å². The largest absolute Gasteiger partial charge is 0.388 e. The summed E-state index contributed by atoms with van der Waals surface area (Å²) in [4.78, 5) is 0. The monoisotopic (exact) mass is 271 g/mol. The van der Waals surface area contributed by atoms with Crippen LogP contribution in [0.1, 0.15) is 11.1 Å². The summed E-state index contributed by atoms with van der Waals surface area (Å²) in [5.74, 6) is 0. The first-order valence-corrected chi connectivity index (χ1v) is 7.35. The third kappa shape index (κ3) is 1.93. The van der Waals surface area contributed by atoms with E-state index in [1.54, 1.807) is 0 Å². The molecule has 0 saturated carbocycles. The van der Waals surface area contributed by atoms with E-state index in [9.17, 15) is 0 Å². The maximum Gasteiger partial charge on any atom is 0.0337 e. The molecule has 4 rings (SSSR count). The van der Waals surface area contributed by atoms with Crippen molar-refractivity contribution >= 4 is 5.69 Å². The molecule has 21 heavy (non-hydrogen) atoms. The van der Waals surface area contributed by atoms with Crippen molar-refractivity contribution in [2.45, 2.75) is 6.42 Å².